The SMILES string of the molecule is CSc1sc(C(=N)N)cc1Nc1cccc(C)c1.Cl. The molecule has 1 heterocycles. The van der Waals surface area contributed by atoms with Gasteiger partial charge in [-0.15, -0.1) is 35.5 Å². The van der Waals surface area contributed by atoms with Crippen LogP contribution in [0.5, 0.6) is 0 Å². The zero-order valence-electron chi connectivity index (χ0n) is 10.7. The summed E-state index contributed by atoms with van der Waals surface area (Å²) in [6, 6.07) is 10.1. The van der Waals surface area contributed by atoms with Crippen molar-refractivity contribution >= 4 is 52.7 Å². The zero-order valence-corrected chi connectivity index (χ0v) is 13.1. The predicted molar refractivity (Wildman–Crippen MR) is 88.8 cm³/mol. The monoisotopic (exact) mass is 313 g/mol. The number of thiophene rings is 1. The summed E-state index contributed by atoms with van der Waals surface area (Å²) in [7, 11) is 0. The van der Waals surface area contributed by atoms with Gasteiger partial charge in [0.15, 0.2) is 0 Å². The van der Waals surface area contributed by atoms with Gasteiger partial charge >= 0.3 is 0 Å². The second kappa shape index (κ2) is 6.84. The van der Waals surface area contributed by atoms with Crippen LogP contribution in [0.15, 0.2) is 34.5 Å². The molecular weight excluding hydrogens is 298 g/mol. The normalized spacial score (nSPS) is 9.79. The van der Waals surface area contributed by atoms with Gasteiger partial charge in [-0.1, -0.05) is 12.1 Å². The number of anilines is 2. The van der Waals surface area contributed by atoms with Gasteiger partial charge in [-0.2, -0.15) is 0 Å². The van der Waals surface area contributed by atoms with Crippen LogP contribution in [-0.2, 0) is 0 Å². The molecule has 0 aliphatic carbocycles. The molecule has 0 unspecified atom stereocenters. The number of aryl methyl sites for hydroxylation is 1. The average Bonchev–Trinajstić information content (AvgIpc) is 2.72. The topological polar surface area (TPSA) is 61.9 Å². The summed E-state index contributed by atoms with van der Waals surface area (Å²) in [6.07, 6.45) is 2.02. The summed E-state index contributed by atoms with van der Waals surface area (Å²) in [4.78, 5) is 0.800. The third-order valence-electron chi connectivity index (χ3n) is 2.45. The summed E-state index contributed by atoms with van der Waals surface area (Å²) >= 11 is 3.20. The highest BCUT2D eigenvalue weighted by Crippen LogP contribution is 2.36. The van der Waals surface area contributed by atoms with Crippen LogP contribution in [0.1, 0.15) is 10.4 Å². The number of benzene rings is 1. The summed E-state index contributed by atoms with van der Waals surface area (Å²) < 4.78 is 1.14. The Kier molecular flexibility index (Phi) is 5.72. The third kappa shape index (κ3) is 3.89. The van der Waals surface area contributed by atoms with Crippen molar-refractivity contribution in [1.82, 2.24) is 0 Å². The molecule has 19 heavy (non-hydrogen) atoms. The molecule has 6 heteroatoms. The maximum Gasteiger partial charge on any atom is 0.133 e. The average molecular weight is 314 g/mol. The van der Waals surface area contributed by atoms with E-state index < -0.39 is 0 Å². The van der Waals surface area contributed by atoms with Crippen molar-refractivity contribution < 1.29 is 0 Å². The quantitative estimate of drug-likeness (QED) is 0.450. The lowest BCUT2D eigenvalue weighted by Gasteiger charge is -2.06. The lowest BCUT2D eigenvalue weighted by atomic mass is 10.2. The van der Waals surface area contributed by atoms with Crippen molar-refractivity contribution in [3.8, 4) is 0 Å². The molecule has 0 atom stereocenters. The van der Waals surface area contributed by atoms with Crippen LogP contribution in [0.3, 0.4) is 0 Å². The largest absolute Gasteiger partial charge is 0.383 e. The number of rotatable bonds is 4. The van der Waals surface area contributed by atoms with Gasteiger partial charge in [-0.3, -0.25) is 5.41 Å². The first-order chi connectivity index (χ1) is 8.60. The summed E-state index contributed by atoms with van der Waals surface area (Å²) in [5.74, 6) is 0.118. The molecule has 1 aromatic carbocycles. The Morgan fingerprint density at radius 1 is 1.37 bits per heavy atom. The first kappa shape index (κ1) is 15.9. The second-order valence-electron chi connectivity index (χ2n) is 3.92. The van der Waals surface area contributed by atoms with Crippen LogP contribution in [0.2, 0.25) is 0 Å². The molecule has 2 rings (SSSR count). The lowest BCUT2D eigenvalue weighted by Crippen LogP contribution is -2.08. The minimum atomic E-state index is 0. The van der Waals surface area contributed by atoms with Gasteiger partial charge in [0.2, 0.25) is 0 Å². The van der Waals surface area contributed by atoms with E-state index in [2.05, 4.69) is 24.4 Å². The Morgan fingerprint density at radius 2 is 2.11 bits per heavy atom. The fourth-order valence-corrected chi connectivity index (χ4v) is 3.26. The van der Waals surface area contributed by atoms with Gasteiger partial charge in [-0.05, 0) is 36.9 Å². The number of nitrogen functional groups attached to an aromatic ring is 1. The standard InChI is InChI=1S/C13H15N3S2.ClH/c1-8-4-3-5-9(6-8)16-10-7-11(12(14)15)18-13(10)17-2;/h3-7,16H,1-2H3,(H3,14,15);1H. The predicted octanol–water partition coefficient (Wildman–Crippen LogP) is 4.23. The van der Waals surface area contributed by atoms with E-state index in [9.17, 15) is 0 Å². The smallest absolute Gasteiger partial charge is 0.133 e. The van der Waals surface area contributed by atoms with Gasteiger partial charge < -0.3 is 11.1 Å². The second-order valence-corrected chi connectivity index (χ2v) is 6.05. The highest BCUT2D eigenvalue weighted by Gasteiger charge is 2.10. The molecule has 0 aliphatic rings. The fraction of sp³-hybridized carbons (Fsp3) is 0.154. The van der Waals surface area contributed by atoms with Gasteiger partial charge in [0.1, 0.15) is 5.84 Å². The van der Waals surface area contributed by atoms with E-state index in [1.54, 1.807) is 23.1 Å². The number of amidine groups is 1. The molecule has 3 nitrogen and oxygen atoms in total. The highest BCUT2D eigenvalue weighted by molar-refractivity contribution is 8.00. The maximum atomic E-state index is 7.49. The first-order valence-electron chi connectivity index (χ1n) is 5.46. The van der Waals surface area contributed by atoms with E-state index in [-0.39, 0.29) is 18.2 Å². The molecule has 0 radical (unpaired) electrons. The minimum Gasteiger partial charge on any atom is -0.383 e. The van der Waals surface area contributed by atoms with E-state index in [1.807, 2.05) is 24.5 Å². The molecule has 0 saturated carbocycles. The zero-order chi connectivity index (χ0) is 13.1. The molecule has 0 amide bonds. The van der Waals surface area contributed by atoms with E-state index in [0.29, 0.717) is 0 Å². The number of hydrogen-bond acceptors (Lipinski definition) is 4. The lowest BCUT2D eigenvalue weighted by molar-refractivity contribution is 1.44. The summed E-state index contributed by atoms with van der Waals surface area (Å²) in [5, 5.41) is 10.9. The number of nitrogens with one attached hydrogen (secondary N) is 2. The van der Waals surface area contributed by atoms with Gasteiger partial charge in [0.25, 0.3) is 0 Å². The molecule has 0 spiro atoms. The minimum absolute atomic E-state index is 0. The van der Waals surface area contributed by atoms with Crippen LogP contribution in [-0.4, -0.2) is 12.1 Å². The molecular formula is C13H16ClN3S2. The van der Waals surface area contributed by atoms with E-state index in [4.69, 9.17) is 11.1 Å². The molecule has 0 saturated heterocycles. The molecule has 0 bridgehead atoms. The summed E-state index contributed by atoms with van der Waals surface area (Å²) in [5.41, 5.74) is 8.81. The van der Waals surface area contributed by atoms with Gasteiger partial charge in [-0.25, -0.2) is 0 Å². The number of nitrogens with two attached hydrogens (primary N) is 1. The third-order valence-corrected chi connectivity index (χ3v) is 4.75. The van der Waals surface area contributed by atoms with Crippen molar-refractivity contribution in [3.05, 3.63) is 40.8 Å². The van der Waals surface area contributed by atoms with Crippen molar-refractivity contribution in [1.29, 1.82) is 5.41 Å². The Morgan fingerprint density at radius 3 is 2.68 bits per heavy atom. The van der Waals surface area contributed by atoms with E-state index in [0.717, 1.165) is 20.5 Å². The molecule has 1 aromatic heterocycles. The van der Waals surface area contributed by atoms with Crippen molar-refractivity contribution in [3.63, 3.8) is 0 Å². The van der Waals surface area contributed by atoms with Crippen molar-refractivity contribution in [2.45, 2.75) is 11.1 Å². The number of hydrogen-bond donors (Lipinski definition) is 3. The van der Waals surface area contributed by atoms with Crippen LogP contribution in [0.25, 0.3) is 0 Å². The van der Waals surface area contributed by atoms with Gasteiger partial charge in [0, 0.05) is 5.69 Å². The van der Waals surface area contributed by atoms with Crippen LogP contribution < -0.4 is 11.1 Å². The van der Waals surface area contributed by atoms with Crippen molar-refractivity contribution in [2.24, 2.45) is 5.73 Å². The van der Waals surface area contributed by atoms with Crippen LogP contribution in [0.4, 0.5) is 11.4 Å². The first-order valence-corrected chi connectivity index (χ1v) is 7.50. The molecule has 0 aliphatic heterocycles. The Labute approximate surface area is 127 Å². The molecule has 4 N–H and O–H groups in total. The van der Waals surface area contributed by atoms with E-state index >= 15 is 0 Å². The Balaban J connectivity index is 0.00000180. The van der Waals surface area contributed by atoms with Crippen LogP contribution >= 0.6 is 35.5 Å². The van der Waals surface area contributed by atoms with Gasteiger partial charge in [0.05, 0.1) is 14.8 Å². The fourth-order valence-electron chi connectivity index (χ4n) is 1.62. The highest BCUT2D eigenvalue weighted by atomic mass is 35.5. The van der Waals surface area contributed by atoms with Crippen LogP contribution in [0, 0.1) is 12.3 Å². The molecule has 102 valence electrons. The Bertz CT molecular complexity index is 581. The number of halogens is 1. The molecule has 2 aromatic rings. The maximum absolute atomic E-state index is 7.49. The van der Waals surface area contributed by atoms with E-state index in [1.165, 1.54) is 5.56 Å². The molecule has 0 fully saturated rings. The number of thioether (sulfide) groups is 1. The Hall–Kier alpha value is -1.17. The summed E-state index contributed by atoms with van der Waals surface area (Å²) in [6.45, 7) is 2.06. The van der Waals surface area contributed by atoms with Crippen molar-refractivity contribution in [2.75, 3.05) is 11.6 Å².